The molecule has 0 aromatic rings. The molecule has 2 aliphatic heterocycles. The summed E-state index contributed by atoms with van der Waals surface area (Å²) in [5.41, 5.74) is 0.150. The average molecular weight is 208 g/mol. The summed E-state index contributed by atoms with van der Waals surface area (Å²) in [6.45, 7) is 4.41. The molecular formula is C11H20N4. The van der Waals surface area contributed by atoms with Crippen molar-refractivity contribution in [1.29, 1.82) is 10.8 Å². The van der Waals surface area contributed by atoms with Gasteiger partial charge >= 0.3 is 0 Å². The van der Waals surface area contributed by atoms with Gasteiger partial charge in [0.2, 0.25) is 0 Å². The van der Waals surface area contributed by atoms with Gasteiger partial charge < -0.3 is 10.2 Å². The highest BCUT2D eigenvalue weighted by molar-refractivity contribution is 5.72. The maximum absolute atomic E-state index is 7.29. The van der Waals surface area contributed by atoms with E-state index in [9.17, 15) is 0 Å². The first kappa shape index (κ1) is 10.6. The van der Waals surface area contributed by atoms with Crippen molar-refractivity contribution in [3.63, 3.8) is 0 Å². The van der Waals surface area contributed by atoms with Gasteiger partial charge in [0.25, 0.3) is 0 Å². The van der Waals surface area contributed by atoms with Crippen LogP contribution in [0.15, 0.2) is 0 Å². The highest BCUT2D eigenvalue weighted by Crippen LogP contribution is 2.44. The number of hydrogen-bond donors (Lipinski definition) is 3. The van der Waals surface area contributed by atoms with E-state index in [0.717, 1.165) is 5.92 Å². The third-order valence-corrected chi connectivity index (χ3v) is 4.05. The summed E-state index contributed by atoms with van der Waals surface area (Å²) in [5.74, 6) is 0.769. The lowest BCUT2D eigenvalue weighted by Gasteiger charge is -2.60. The van der Waals surface area contributed by atoms with Crippen molar-refractivity contribution < 1.29 is 0 Å². The van der Waals surface area contributed by atoms with E-state index in [4.69, 9.17) is 10.8 Å². The molecule has 2 bridgehead atoms. The molecule has 84 valence electrons. The highest BCUT2D eigenvalue weighted by Gasteiger charge is 2.53. The second-order valence-electron chi connectivity index (χ2n) is 5.13. The normalized spacial score (nSPS) is 40.1. The standard InChI is InChI=1S/C11H20N4/c1-8-3-10-5-11(4-8,14-10)9(2)15(6-12)7-13/h6-10,12-14H,3-5H2,1-2H3. The highest BCUT2D eigenvalue weighted by atomic mass is 15.2. The van der Waals surface area contributed by atoms with E-state index in [0.29, 0.717) is 6.04 Å². The molecule has 0 spiro atoms. The van der Waals surface area contributed by atoms with Crippen LogP contribution in [0.4, 0.5) is 0 Å². The molecule has 4 heteroatoms. The van der Waals surface area contributed by atoms with Crippen molar-refractivity contribution in [2.45, 2.75) is 50.7 Å². The summed E-state index contributed by atoms with van der Waals surface area (Å²) >= 11 is 0. The largest absolute Gasteiger partial charge is 0.320 e. The smallest absolute Gasteiger partial charge is 0.0871 e. The molecule has 0 aromatic heterocycles. The molecular weight excluding hydrogens is 188 g/mol. The Balaban J connectivity index is 2.09. The van der Waals surface area contributed by atoms with E-state index in [2.05, 4.69) is 19.2 Å². The molecule has 3 rings (SSSR count). The number of rotatable bonds is 4. The SMILES string of the molecule is CC1CC2CC(C(C)N(C=N)C=N)(C1)N2. The van der Waals surface area contributed by atoms with E-state index >= 15 is 0 Å². The van der Waals surface area contributed by atoms with Crippen LogP contribution in [0, 0.1) is 16.7 Å². The van der Waals surface area contributed by atoms with Gasteiger partial charge in [-0.3, -0.25) is 10.8 Å². The average Bonchev–Trinajstić information content (AvgIpc) is 2.17. The minimum absolute atomic E-state index is 0.150. The summed E-state index contributed by atoms with van der Waals surface area (Å²) in [5, 5.41) is 18.2. The first-order chi connectivity index (χ1) is 7.11. The number of nitrogens with one attached hydrogen (secondary N) is 3. The van der Waals surface area contributed by atoms with E-state index in [1.807, 2.05) is 0 Å². The maximum atomic E-state index is 7.29. The molecule has 3 N–H and O–H groups in total. The predicted octanol–water partition coefficient (Wildman–Crippen LogP) is 1.42. The Labute approximate surface area is 91.1 Å². The van der Waals surface area contributed by atoms with Crippen LogP contribution in [0.25, 0.3) is 0 Å². The van der Waals surface area contributed by atoms with Gasteiger partial charge in [-0.05, 0) is 32.1 Å². The Kier molecular flexibility index (Phi) is 2.54. The summed E-state index contributed by atoms with van der Waals surface area (Å²) in [7, 11) is 0. The Morgan fingerprint density at radius 2 is 2.00 bits per heavy atom. The molecule has 4 nitrogen and oxygen atoms in total. The fourth-order valence-corrected chi connectivity index (χ4v) is 3.31. The minimum atomic E-state index is 0.150. The molecule has 2 saturated heterocycles. The zero-order valence-electron chi connectivity index (χ0n) is 9.46. The first-order valence-corrected chi connectivity index (χ1v) is 5.67. The van der Waals surface area contributed by atoms with Gasteiger partial charge in [0, 0.05) is 11.6 Å². The topological polar surface area (TPSA) is 63.0 Å². The minimum Gasteiger partial charge on any atom is -0.320 e. The Morgan fingerprint density at radius 3 is 2.47 bits per heavy atom. The third kappa shape index (κ3) is 1.57. The lowest BCUT2D eigenvalue weighted by molar-refractivity contribution is 0.00126. The van der Waals surface area contributed by atoms with Gasteiger partial charge in [0.1, 0.15) is 0 Å². The van der Waals surface area contributed by atoms with Crippen molar-refractivity contribution in [1.82, 2.24) is 10.2 Å². The van der Waals surface area contributed by atoms with Gasteiger partial charge in [0.15, 0.2) is 0 Å². The number of hydrogen-bond acceptors (Lipinski definition) is 3. The zero-order valence-corrected chi connectivity index (χ0v) is 9.46. The summed E-state index contributed by atoms with van der Waals surface area (Å²) in [6.07, 6.45) is 6.16. The van der Waals surface area contributed by atoms with Crippen LogP contribution in [0.2, 0.25) is 0 Å². The Hall–Kier alpha value is -0.900. The van der Waals surface area contributed by atoms with Gasteiger partial charge in [-0.15, -0.1) is 0 Å². The monoisotopic (exact) mass is 208 g/mol. The van der Waals surface area contributed by atoms with Gasteiger partial charge in [-0.25, -0.2) is 0 Å². The molecule has 3 fully saturated rings. The lowest BCUT2D eigenvalue weighted by atomic mass is 9.63. The first-order valence-electron chi connectivity index (χ1n) is 5.67. The number of piperidine rings is 1. The molecule has 0 aromatic carbocycles. The van der Waals surface area contributed by atoms with Gasteiger partial charge in [-0.1, -0.05) is 6.92 Å². The molecule has 4 unspecified atom stereocenters. The fourth-order valence-electron chi connectivity index (χ4n) is 3.31. The zero-order chi connectivity index (χ0) is 11.1. The molecule has 0 amide bonds. The summed E-state index contributed by atoms with van der Waals surface area (Å²) < 4.78 is 0. The maximum Gasteiger partial charge on any atom is 0.0871 e. The van der Waals surface area contributed by atoms with Crippen LogP contribution in [0.1, 0.15) is 33.1 Å². The van der Waals surface area contributed by atoms with E-state index in [1.165, 1.54) is 31.9 Å². The van der Waals surface area contributed by atoms with Crippen LogP contribution in [-0.2, 0) is 0 Å². The fraction of sp³-hybridized carbons (Fsp3) is 0.818. The molecule has 2 heterocycles. The van der Waals surface area contributed by atoms with Crippen LogP contribution in [0.5, 0.6) is 0 Å². The van der Waals surface area contributed by atoms with Crippen LogP contribution in [-0.4, -0.2) is 35.2 Å². The van der Waals surface area contributed by atoms with Crippen molar-refractivity contribution in [3.8, 4) is 0 Å². The van der Waals surface area contributed by atoms with E-state index < -0.39 is 0 Å². The second-order valence-corrected chi connectivity index (χ2v) is 5.13. The quantitative estimate of drug-likeness (QED) is 0.483. The van der Waals surface area contributed by atoms with Gasteiger partial charge in [0.05, 0.1) is 18.7 Å². The Bertz CT molecular complexity index is 262. The molecule has 1 saturated carbocycles. The third-order valence-electron chi connectivity index (χ3n) is 4.05. The van der Waals surface area contributed by atoms with Crippen molar-refractivity contribution in [2.24, 2.45) is 5.92 Å². The molecule has 4 atom stereocenters. The Morgan fingerprint density at radius 1 is 1.40 bits per heavy atom. The second kappa shape index (κ2) is 3.59. The summed E-state index contributed by atoms with van der Waals surface area (Å²) in [6, 6.07) is 0.890. The van der Waals surface area contributed by atoms with Crippen LogP contribution in [0.3, 0.4) is 0 Å². The van der Waals surface area contributed by atoms with E-state index in [1.54, 1.807) is 4.90 Å². The van der Waals surface area contributed by atoms with Gasteiger partial charge in [-0.2, -0.15) is 0 Å². The van der Waals surface area contributed by atoms with Crippen LogP contribution < -0.4 is 5.32 Å². The molecule has 0 radical (unpaired) electrons. The number of nitrogens with zero attached hydrogens (tertiary/aromatic N) is 1. The molecule has 15 heavy (non-hydrogen) atoms. The summed E-state index contributed by atoms with van der Waals surface area (Å²) in [4.78, 5) is 1.68. The number of fused-ring (bicyclic) bond motifs is 2. The molecule has 3 aliphatic rings. The lowest BCUT2D eigenvalue weighted by Crippen LogP contribution is -2.74. The predicted molar refractivity (Wildman–Crippen MR) is 61.5 cm³/mol. The van der Waals surface area contributed by atoms with Crippen molar-refractivity contribution in [3.05, 3.63) is 0 Å². The van der Waals surface area contributed by atoms with Crippen LogP contribution >= 0.6 is 0 Å². The van der Waals surface area contributed by atoms with Crippen molar-refractivity contribution in [2.75, 3.05) is 0 Å². The molecule has 1 aliphatic carbocycles. The van der Waals surface area contributed by atoms with E-state index in [-0.39, 0.29) is 11.6 Å². The van der Waals surface area contributed by atoms with Crippen molar-refractivity contribution >= 4 is 12.7 Å².